The molecule has 0 aliphatic carbocycles. The van der Waals surface area contributed by atoms with Crippen molar-refractivity contribution in [3.63, 3.8) is 0 Å². The first-order valence-corrected chi connectivity index (χ1v) is 12.1. The molecule has 0 saturated carbocycles. The van der Waals surface area contributed by atoms with Gasteiger partial charge in [-0.1, -0.05) is 23.7 Å². The Morgan fingerprint density at radius 2 is 1.97 bits per heavy atom. The molecular formula is C23H26ClN5O2S. The van der Waals surface area contributed by atoms with E-state index in [0.717, 1.165) is 36.4 Å². The van der Waals surface area contributed by atoms with Gasteiger partial charge >= 0.3 is 6.03 Å². The van der Waals surface area contributed by atoms with Gasteiger partial charge in [0.15, 0.2) is 0 Å². The molecule has 168 valence electrons. The molecule has 2 aliphatic rings. The van der Waals surface area contributed by atoms with E-state index in [1.807, 2.05) is 47.2 Å². The van der Waals surface area contributed by atoms with Crippen LogP contribution in [0.2, 0.25) is 5.02 Å². The third-order valence-electron chi connectivity index (χ3n) is 6.63. The van der Waals surface area contributed by atoms with E-state index >= 15 is 0 Å². The summed E-state index contributed by atoms with van der Waals surface area (Å²) >= 11 is 7.45. The van der Waals surface area contributed by atoms with Gasteiger partial charge in [-0.05, 0) is 50.2 Å². The Hall–Kier alpha value is -2.42. The molecule has 1 aromatic carbocycles. The number of hydrogen-bond acceptors (Lipinski definition) is 5. The van der Waals surface area contributed by atoms with Crippen LogP contribution in [-0.2, 0) is 0 Å². The van der Waals surface area contributed by atoms with Crippen LogP contribution in [0, 0.1) is 0 Å². The second kappa shape index (κ2) is 8.50. The fourth-order valence-electron chi connectivity index (χ4n) is 4.69. The summed E-state index contributed by atoms with van der Waals surface area (Å²) in [5, 5.41) is 0.682. The summed E-state index contributed by atoms with van der Waals surface area (Å²) in [6.07, 6.45) is 3.40. The number of halogens is 1. The lowest BCUT2D eigenvalue weighted by molar-refractivity contribution is 0.155. The zero-order valence-corrected chi connectivity index (χ0v) is 19.8. The van der Waals surface area contributed by atoms with Crippen LogP contribution in [0.4, 0.5) is 4.79 Å². The smallest absolute Gasteiger partial charge is 0.320 e. The minimum absolute atomic E-state index is 0.0368. The molecule has 3 aromatic rings. The number of amides is 2. The van der Waals surface area contributed by atoms with Crippen LogP contribution in [0.1, 0.15) is 18.9 Å². The molecule has 0 radical (unpaired) electrons. The fourth-order valence-corrected chi connectivity index (χ4v) is 5.87. The molecule has 0 bridgehead atoms. The molecule has 0 unspecified atom stereocenters. The fraction of sp³-hybridized carbons (Fsp3) is 0.435. The first-order chi connectivity index (χ1) is 15.4. The number of thiophene rings is 1. The first-order valence-electron chi connectivity index (χ1n) is 10.9. The standard InChI is InChI=1S/C23H26ClN5O2S/c1-26-9-7-17(12-26)27(2)23(31)28-10-8-18(13-28)29-14-25-19-11-20(32-21(19)22(29)30)15-3-5-16(24)6-4-15/h3-6,11,14,17-18H,7-10,12-13H2,1-2H3/t17-,18-/m0/s1. The highest BCUT2D eigenvalue weighted by Gasteiger charge is 2.34. The van der Waals surface area contributed by atoms with E-state index in [9.17, 15) is 9.59 Å². The quantitative estimate of drug-likeness (QED) is 0.583. The number of fused-ring (bicyclic) bond motifs is 1. The number of likely N-dealkylation sites (tertiary alicyclic amines) is 2. The minimum atomic E-state index is -0.0518. The van der Waals surface area contributed by atoms with E-state index < -0.39 is 0 Å². The summed E-state index contributed by atoms with van der Waals surface area (Å²) in [5.74, 6) is 0. The van der Waals surface area contributed by atoms with Crippen LogP contribution >= 0.6 is 22.9 Å². The van der Waals surface area contributed by atoms with Crippen LogP contribution < -0.4 is 5.56 Å². The third kappa shape index (κ3) is 3.91. The van der Waals surface area contributed by atoms with Crippen molar-refractivity contribution in [2.45, 2.75) is 24.9 Å². The minimum Gasteiger partial charge on any atom is -0.323 e. The summed E-state index contributed by atoms with van der Waals surface area (Å²) in [4.78, 5) is 37.8. The second-order valence-electron chi connectivity index (χ2n) is 8.78. The molecule has 2 amide bonds. The topological polar surface area (TPSA) is 61.7 Å². The van der Waals surface area contributed by atoms with Gasteiger partial charge in [0.05, 0.1) is 17.9 Å². The number of carbonyl (C=O) groups is 1. The molecule has 2 saturated heterocycles. The zero-order chi connectivity index (χ0) is 22.4. The summed E-state index contributed by atoms with van der Waals surface area (Å²) < 4.78 is 2.36. The van der Waals surface area contributed by atoms with Gasteiger partial charge in [0.1, 0.15) is 4.70 Å². The number of nitrogens with zero attached hydrogens (tertiary/aromatic N) is 5. The Morgan fingerprint density at radius 1 is 1.19 bits per heavy atom. The predicted molar refractivity (Wildman–Crippen MR) is 129 cm³/mol. The van der Waals surface area contributed by atoms with E-state index in [2.05, 4.69) is 16.9 Å². The number of rotatable bonds is 3. The molecule has 0 N–H and O–H groups in total. The number of hydrogen-bond donors (Lipinski definition) is 0. The molecule has 9 heteroatoms. The van der Waals surface area contributed by atoms with Crippen molar-refractivity contribution in [2.75, 3.05) is 40.3 Å². The van der Waals surface area contributed by atoms with Crippen molar-refractivity contribution < 1.29 is 4.79 Å². The van der Waals surface area contributed by atoms with Gasteiger partial charge in [-0.2, -0.15) is 0 Å². The van der Waals surface area contributed by atoms with Gasteiger partial charge < -0.3 is 14.7 Å². The van der Waals surface area contributed by atoms with Crippen molar-refractivity contribution in [3.05, 3.63) is 52.0 Å². The van der Waals surface area contributed by atoms with Gasteiger partial charge in [-0.3, -0.25) is 9.36 Å². The monoisotopic (exact) mass is 471 g/mol. The van der Waals surface area contributed by atoms with E-state index in [4.69, 9.17) is 11.6 Å². The van der Waals surface area contributed by atoms with Crippen LogP contribution in [0.25, 0.3) is 20.7 Å². The van der Waals surface area contributed by atoms with Crippen LogP contribution in [-0.4, -0.2) is 76.6 Å². The molecule has 32 heavy (non-hydrogen) atoms. The Morgan fingerprint density at radius 3 is 2.69 bits per heavy atom. The molecule has 2 atom stereocenters. The van der Waals surface area contributed by atoms with Gasteiger partial charge in [0.2, 0.25) is 0 Å². The average molecular weight is 472 g/mol. The van der Waals surface area contributed by atoms with Gasteiger partial charge in [0, 0.05) is 42.6 Å². The van der Waals surface area contributed by atoms with E-state index in [1.54, 1.807) is 10.9 Å². The Balaban J connectivity index is 1.35. The SMILES string of the molecule is CN1CC[C@H](N(C)C(=O)N2CC[C@H](n3cnc4cc(-c5ccc(Cl)cc5)sc4c3=O)C2)C1. The normalized spacial score (nSPS) is 21.5. The lowest BCUT2D eigenvalue weighted by atomic mass is 10.2. The summed E-state index contributed by atoms with van der Waals surface area (Å²) in [5.41, 5.74) is 1.68. The molecule has 2 aliphatic heterocycles. The molecular weight excluding hydrogens is 446 g/mol. The summed E-state index contributed by atoms with van der Waals surface area (Å²) in [6.45, 7) is 3.12. The van der Waals surface area contributed by atoms with Crippen LogP contribution in [0.5, 0.6) is 0 Å². The number of urea groups is 1. The molecule has 0 spiro atoms. The lowest BCUT2D eigenvalue weighted by Crippen LogP contribution is -2.46. The Kier molecular flexibility index (Phi) is 5.69. The largest absolute Gasteiger partial charge is 0.323 e. The van der Waals surface area contributed by atoms with Crippen LogP contribution in [0.3, 0.4) is 0 Å². The number of aromatic nitrogens is 2. The van der Waals surface area contributed by atoms with Gasteiger partial charge in [-0.25, -0.2) is 9.78 Å². The second-order valence-corrected chi connectivity index (χ2v) is 10.3. The third-order valence-corrected chi connectivity index (χ3v) is 8.05. The first kappa shape index (κ1) is 21.4. The predicted octanol–water partition coefficient (Wildman–Crippen LogP) is 3.78. The Bertz CT molecular complexity index is 1210. The van der Waals surface area contributed by atoms with Crippen molar-refractivity contribution >= 4 is 39.2 Å². The average Bonchev–Trinajstić information content (AvgIpc) is 3.53. The van der Waals surface area contributed by atoms with E-state index in [1.165, 1.54) is 11.3 Å². The maximum absolute atomic E-state index is 13.3. The number of carbonyl (C=O) groups excluding carboxylic acids is 1. The summed E-state index contributed by atoms with van der Waals surface area (Å²) in [6, 6.07) is 9.79. The highest BCUT2D eigenvalue weighted by atomic mass is 35.5. The highest BCUT2D eigenvalue weighted by Crippen LogP contribution is 2.32. The molecule has 7 nitrogen and oxygen atoms in total. The summed E-state index contributed by atoms with van der Waals surface area (Å²) in [7, 11) is 3.98. The number of benzene rings is 1. The maximum Gasteiger partial charge on any atom is 0.320 e. The highest BCUT2D eigenvalue weighted by molar-refractivity contribution is 7.22. The van der Waals surface area contributed by atoms with Crippen molar-refractivity contribution in [1.82, 2.24) is 24.3 Å². The lowest BCUT2D eigenvalue weighted by Gasteiger charge is -2.29. The molecule has 4 heterocycles. The van der Waals surface area contributed by atoms with Crippen molar-refractivity contribution in [2.24, 2.45) is 0 Å². The maximum atomic E-state index is 13.3. The molecule has 5 rings (SSSR count). The molecule has 2 fully saturated rings. The number of likely N-dealkylation sites (N-methyl/N-ethyl adjacent to an activating group) is 2. The van der Waals surface area contributed by atoms with Crippen LogP contribution in [0.15, 0.2) is 41.5 Å². The van der Waals surface area contributed by atoms with Crippen molar-refractivity contribution in [1.29, 1.82) is 0 Å². The molecule has 2 aromatic heterocycles. The van der Waals surface area contributed by atoms with Gasteiger partial charge in [0.25, 0.3) is 5.56 Å². The Labute approximate surface area is 195 Å². The van der Waals surface area contributed by atoms with Gasteiger partial charge in [-0.15, -0.1) is 11.3 Å². The van der Waals surface area contributed by atoms with Crippen molar-refractivity contribution in [3.8, 4) is 10.4 Å². The van der Waals surface area contributed by atoms with E-state index in [0.29, 0.717) is 28.3 Å². The van der Waals surface area contributed by atoms with E-state index in [-0.39, 0.29) is 23.7 Å². The zero-order valence-electron chi connectivity index (χ0n) is 18.2.